The van der Waals surface area contributed by atoms with E-state index in [9.17, 15) is 5.11 Å². The largest absolute Gasteiger partial charge is 0.507 e. The molecule has 5 nitrogen and oxygen atoms in total. The van der Waals surface area contributed by atoms with E-state index in [1.54, 1.807) is 0 Å². The Hall–Kier alpha value is -5.77. The van der Waals surface area contributed by atoms with Crippen LogP contribution in [-0.4, -0.2) is 24.2 Å². The second-order valence-electron chi connectivity index (χ2n) is 16.9. The normalized spacial score (nSPS) is 12.1. The molecule has 6 aromatic carbocycles. The fourth-order valence-corrected chi connectivity index (χ4v) is 8.10. The van der Waals surface area contributed by atoms with E-state index in [1.807, 2.05) is 13.2 Å². The van der Waals surface area contributed by atoms with Gasteiger partial charge in [-0.1, -0.05) is 132 Å². The number of fused-ring (bicyclic) bond motifs is 4. The standard InChI is InChI=1S/C51H45N4O.Pt/c1-50(2,3)35-30-41(48(56)42(31-35)51(4,5)6)49-53-46-37(21-15-25-45(46)54(49)7)32-16-13-17-34(28-32)43-29-33(26-27-52-43)38-22-14-23-40-39-20-11-12-24-44(39)55(47(38)40)36-18-9-8-10-19-36;/h8-27,29-31,56H,1-7H3;/q-1;. The van der Waals surface area contributed by atoms with E-state index in [0.29, 0.717) is 0 Å². The van der Waals surface area contributed by atoms with Gasteiger partial charge in [0.1, 0.15) is 11.6 Å². The Labute approximate surface area is 349 Å². The third-order valence-electron chi connectivity index (χ3n) is 11.1. The summed E-state index contributed by atoms with van der Waals surface area (Å²) in [4.78, 5) is 10.1. The van der Waals surface area contributed by atoms with Gasteiger partial charge in [-0.2, -0.15) is 0 Å². The zero-order chi connectivity index (χ0) is 38.9. The van der Waals surface area contributed by atoms with Gasteiger partial charge in [0.25, 0.3) is 0 Å². The van der Waals surface area contributed by atoms with Crippen LogP contribution in [0.5, 0.6) is 5.75 Å². The van der Waals surface area contributed by atoms with Gasteiger partial charge < -0.3 is 14.2 Å². The number of aromatic hydroxyl groups is 1. The second kappa shape index (κ2) is 14.3. The van der Waals surface area contributed by atoms with E-state index < -0.39 is 0 Å². The molecule has 0 aliphatic carbocycles. The fourth-order valence-electron chi connectivity index (χ4n) is 8.10. The summed E-state index contributed by atoms with van der Waals surface area (Å²) in [5.41, 5.74) is 13.7. The first-order chi connectivity index (χ1) is 26.9. The van der Waals surface area contributed by atoms with Crippen LogP contribution in [0, 0.1) is 6.07 Å². The van der Waals surface area contributed by atoms with Gasteiger partial charge in [-0.3, -0.25) is 4.98 Å². The van der Waals surface area contributed by atoms with Gasteiger partial charge in [-0.25, -0.2) is 4.98 Å². The van der Waals surface area contributed by atoms with Crippen LogP contribution >= 0.6 is 0 Å². The molecule has 286 valence electrons. The number of phenolic OH excluding ortho intramolecular Hbond substituents is 1. The van der Waals surface area contributed by atoms with Crippen molar-refractivity contribution < 1.29 is 26.2 Å². The van der Waals surface area contributed by atoms with E-state index in [2.05, 4.69) is 190 Å². The van der Waals surface area contributed by atoms with E-state index in [0.717, 1.165) is 72.7 Å². The van der Waals surface area contributed by atoms with Gasteiger partial charge in [0.05, 0.1) is 27.6 Å². The average Bonchev–Trinajstić information content (AvgIpc) is 3.72. The monoisotopic (exact) mass is 924 g/mol. The molecule has 0 spiro atoms. The van der Waals surface area contributed by atoms with Crippen molar-refractivity contribution in [3.63, 3.8) is 0 Å². The Kier molecular flexibility index (Phi) is 9.57. The summed E-state index contributed by atoms with van der Waals surface area (Å²) in [7, 11) is 2.03. The van der Waals surface area contributed by atoms with Crippen LogP contribution < -0.4 is 0 Å². The maximum Gasteiger partial charge on any atom is 0.143 e. The minimum absolute atomic E-state index is 0. The Morgan fingerprint density at radius 1 is 0.614 bits per heavy atom. The van der Waals surface area contributed by atoms with Gasteiger partial charge in [-0.05, 0) is 58.4 Å². The molecule has 0 aliphatic rings. The maximum atomic E-state index is 11.8. The summed E-state index contributed by atoms with van der Waals surface area (Å²) in [6, 6.07) is 50.5. The van der Waals surface area contributed by atoms with Crippen molar-refractivity contribution in [2.75, 3.05) is 0 Å². The summed E-state index contributed by atoms with van der Waals surface area (Å²) in [6.45, 7) is 13.1. The number of rotatable bonds is 5. The van der Waals surface area contributed by atoms with Crippen molar-refractivity contribution in [2.45, 2.75) is 52.4 Å². The molecule has 0 saturated heterocycles. The van der Waals surface area contributed by atoms with Crippen molar-refractivity contribution in [1.29, 1.82) is 0 Å². The van der Waals surface area contributed by atoms with Crippen LogP contribution in [-0.2, 0) is 38.9 Å². The van der Waals surface area contributed by atoms with Gasteiger partial charge in [-0.15, -0.1) is 29.8 Å². The molecular formula is C51H45N4OPt-. The first kappa shape index (κ1) is 38.1. The predicted octanol–water partition coefficient (Wildman–Crippen LogP) is 12.8. The quantitative estimate of drug-likeness (QED) is 0.175. The van der Waals surface area contributed by atoms with Crippen molar-refractivity contribution in [3.8, 4) is 56.3 Å². The van der Waals surface area contributed by atoms with Crippen LogP contribution in [0.4, 0.5) is 0 Å². The third-order valence-corrected chi connectivity index (χ3v) is 11.1. The van der Waals surface area contributed by atoms with E-state index in [4.69, 9.17) is 9.97 Å². The smallest absolute Gasteiger partial charge is 0.143 e. The first-order valence-electron chi connectivity index (χ1n) is 19.3. The van der Waals surface area contributed by atoms with Gasteiger partial charge >= 0.3 is 0 Å². The van der Waals surface area contributed by atoms with E-state index in [-0.39, 0.29) is 37.6 Å². The van der Waals surface area contributed by atoms with Crippen LogP contribution in [0.15, 0.2) is 140 Å². The number of aromatic nitrogens is 4. The van der Waals surface area contributed by atoms with Crippen molar-refractivity contribution >= 4 is 32.8 Å². The van der Waals surface area contributed by atoms with Gasteiger partial charge in [0.2, 0.25) is 0 Å². The number of imidazole rings is 1. The summed E-state index contributed by atoms with van der Waals surface area (Å²) in [5, 5.41) is 14.2. The van der Waals surface area contributed by atoms with Crippen molar-refractivity contribution in [3.05, 3.63) is 157 Å². The van der Waals surface area contributed by atoms with Gasteiger partial charge in [0.15, 0.2) is 0 Å². The van der Waals surface area contributed by atoms with Crippen molar-refractivity contribution in [1.82, 2.24) is 19.1 Å². The molecule has 0 amide bonds. The number of para-hydroxylation sites is 4. The molecule has 0 bridgehead atoms. The molecule has 0 radical (unpaired) electrons. The number of benzene rings is 6. The Morgan fingerprint density at radius 2 is 1.28 bits per heavy atom. The molecule has 0 unspecified atom stereocenters. The summed E-state index contributed by atoms with van der Waals surface area (Å²) < 4.78 is 4.47. The Balaban J connectivity index is 0.00000455. The molecule has 9 rings (SSSR count). The molecule has 57 heavy (non-hydrogen) atoms. The molecule has 0 saturated carbocycles. The van der Waals surface area contributed by atoms with Crippen LogP contribution in [0.2, 0.25) is 0 Å². The van der Waals surface area contributed by atoms with Crippen molar-refractivity contribution in [2.24, 2.45) is 7.05 Å². The first-order valence-corrected chi connectivity index (χ1v) is 19.3. The summed E-state index contributed by atoms with van der Waals surface area (Å²) >= 11 is 0. The predicted molar refractivity (Wildman–Crippen MR) is 232 cm³/mol. The van der Waals surface area contributed by atoms with Crippen LogP contribution in [0.1, 0.15) is 52.7 Å². The molecule has 1 N–H and O–H groups in total. The fraction of sp³-hybridized carbons (Fsp3) is 0.176. The third kappa shape index (κ3) is 6.58. The molecule has 0 aliphatic heterocycles. The zero-order valence-corrected chi connectivity index (χ0v) is 35.6. The topological polar surface area (TPSA) is 55.9 Å². The average molecular weight is 925 g/mol. The number of aryl methyl sites for hydroxylation is 1. The van der Waals surface area contributed by atoms with Crippen LogP contribution in [0.3, 0.4) is 0 Å². The number of hydrogen-bond donors (Lipinski definition) is 1. The number of nitrogens with zero attached hydrogens (tertiary/aromatic N) is 4. The van der Waals surface area contributed by atoms with E-state index >= 15 is 0 Å². The minimum Gasteiger partial charge on any atom is -0.507 e. The zero-order valence-electron chi connectivity index (χ0n) is 33.3. The molecule has 0 fully saturated rings. The van der Waals surface area contributed by atoms with E-state index in [1.165, 1.54) is 21.8 Å². The Morgan fingerprint density at radius 3 is 2.05 bits per heavy atom. The Bertz CT molecular complexity index is 2960. The molecular weight excluding hydrogens is 880 g/mol. The maximum absolute atomic E-state index is 11.8. The summed E-state index contributed by atoms with van der Waals surface area (Å²) in [5.74, 6) is 1.01. The molecule has 6 heteroatoms. The number of pyridine rings is 1. The molecule has 0 atom stereocenters. The molecule has 3 heterocycles. The second-order valence-corrected chi connectivity index (χ2v) is 16.9. The minimum atomic E-state index is -0.247. The number of hydrogen-bond acceptors (Lipinski definition) is 3. The number of phenols is 1. The molecule has 9 aromatic rings. The summed E-state index contributed by atoms with van der Waals surface area (Å²) in [6.07, 6.45) is 1.90. The molecule has 3 aromatic heterocycles. The SMILES string of the molecule is Cn1c(-c2cc(C(C)(C)C)cc(C(C)(C)C)c2O)nc2c(-c3[c-]c(-c4cc(-c5cccc6c7ccccc7n(-c7ccccc7)c56)ccn4)ccc3)cccc21.[Pt]. The van der Waals surface area contributed by atoms with Gasteiger partial charge in [0, 0.05) is 67.6 Å². The van der Waals surface area contributed by atoms with Crippen LogP contribution in [0.25, 0.3) is 83.4 Å².